The number of carbonyl (C=O) groups is 1. The molecule has 1 heterocycles. The summed E-state index contributed by atoms with van der Waals surface area (Å²) in [6.45, 7) is 5.61. The zero-order chi connectivity index (χ0) is 16.4. The molecule has 0 spiro atoms. The minimum Gasteiger partial charge on any atom is -0.469 e. The summed E-state index contributed by atoms with van der Waals surface area (Å²) in [5.74, 6) is 0.652. The SMILES string of the molecule is CN=C(NCCCCCC(=O)OC)NCc1sc(C)nc1C. The van der Waals surface area contributed by atoms with Gasteiger partial charge in [-0.1, -0.05) is 6.42 Å². The normalized spacial score (nSPS) is 11.4. The van der Waals surface area contributed by atoms with Gasteiger partial charge in [0.25, 0.3) is 0 Å². The molecule has 0 amide bonds. The largest absolute Gasteiger partial charge is 0.469 e. The second-order valence-electron chi connectivity index (χ2n) is 4.98. The molecule has 0 fully saturated rings. The van der Waals surface area contributed by atoms with Gasteiger partial charge in [0.15, 0.2) is 5.96 Å². The molecule has 0 unspecified atom stereocenters. The molecule has 1 rings (SSSR count). The van der Waals surface area contributed by atoms with E-state index in [4.69, 9.17) is 0 Å². The number of unbranched alkanes of at least 4 members (excludes halogenated alkanes) is 2. The lowest BCUT2D eigenvalue weighted by Crippen LogP contribution is -2.37. The van der Waals surface area contributed by atoms with Crippen LogP contribution in [0.15, 0.2) is 4.99 Å². The average molecular weight is 326 g/mol. The molecule has 0 bridgehead atoms. The molecule has 2 N–H and O–H groups in total. The van der Waals surface area contributed by atoms with Crippen molar-refractivity contribution in [2.75, 3.05) is 20.7 Å². The molecule has 124 valence electrons. The van der Waals surface area contributed by atoms with Crippen LogP contribution in [0.1, 0.15) is 41.3 Å². The number of methoxy groups -OCH3 is 1. The Kier molecular flexibility index (Phi) is 8.50. The molecule has 0 saturated heterocycles. The number of rotatable bonds is 8. The monoisotopic (exact) mass is 326 g/mol. The van der Waals surface area contributed by atoms with Crippen LogP contribution in [-0.2, 0) is 16.1 Å². The Morgan fingerprint density at radius 1 is 1.27 bits per heavy atom. The summed E-state index contributed by atoms with van der Waals surface area (Å²) in [4.78, 5) is 20.8. The lowest BCUT2D eigenvalue weighted by molar-refractivity contribution is -0.140. The predicted octanol–water partition coefficient (Wildman–Crippen LogP) is 2.16. The second-order valence-corrected chi connectivity index (χ2v) is 6.27. The third kappa shape index (κ3) is 6.89. The van der Waals surface area contributed by atoms with Crippen molar-refractivity contribution in [3.63, 3.8) is 0 Å². The fourth-order valence-corrected chi connectivity index (χ4v) is 2.88. The van der Waals surface area contributed by atoms with E-state index >= 15 is 0 Å². The Morgan fingerprint density at radius 3 is 2.64 bits per heavy atom. The average Bonchev–Trinajstić information content (AvgIpc) is 2.83. The maximum absolute atomic E-state index is 11.0. The zero-order valence-electron chi connectivity index (χ0n) is 13.9. The van der Waals surface area contributed by atoms with Crippen molar-refractivity contribution < 1.29 is 9.53 Å². The number of esters is 1. The van der Waals surface area contributed by atoms with Crippen LogP contribution < -0.4 is 10.6 Å². The summed E-state index contributed by atoms with van der Waals surface area (Å²) < 4.78 is 4.61. The number of aromatic nitrogens is 1. The fourth-order valence-electron chi connectivity index (χ4n) is 2.00. The Labute approximate surface area is 136 Å². The number of aryl methyl sites for hydroxylation is 2. The molecule has 0 aliphatic rings. The summed E-state index contributed by atoms with van der Waals surface area (Å²) in [5.41, 5.74) is 1.08. The highest BCUT2D eigenvalue weighted by molar-refractivity contribution is 7.11. The van der Waals surface area contributed by atoms with E-state index in [1.165, 1.54) is 12.0 Å². The number of ether oxygens (including phenoxy) is 1. The molecule has 0 aliphatic carbocycles. The van der Waals surface area contributed by atoms with Crippen LogP contribution in [0.5, 0.6) is 0 Å². The number of nitrogens with zero attached hydrogens (tertiary/aromatic N) is 2. The van der Waals surface area contributed by atoms with E-state index in [9.17, 15) is 4.79 Å². The summed E-state index contributed by atoms with van der Waals surface area (Å²) >= 11 is 1.71. The molecule has 1 aromatic rings. The highest BCUT2D eigenvalue weighted by Crippen LogP contribution is 2.16. The lowest BCUT2D eigenvalue weighted by Gasteiger charge is -2.11. The second kappa shape index (κ2) is 10.2. The van der Waals surface area contributed by atoms with Gasteiger partial charge in [-0.3, -0.25) is 9.79 Å². The quantitative estimate of drug-likeness (QED) is 0.331. The number of guanidine groups is 1. The Hall–Kier alpha value is -1.63. The Bertz CT molecular complexity index is 500. The van der Waals surface area contributed by atoms with Crippen molar-refractivity contribution in [2.45, 2.75) is 46.1 Å². The van der Waals surface area contributed by atoms with Crippen molar-refractivity contribution >= 4 is 23.3 Å². The topological polar surface area (TPSA) is 75.6 Å². The molecular formula is C15H26N4O2S. The Morgan fingerprint density at radius 2 is 2.05 bits per heavy atom. The fraction of sp³-hybridized carbons (Fsp3) is 0.667. The van der Waals surface area contributed by atoms with Crippen LogP contribution in [-0.4, -0.2) is 37.6 Å². The maximum Gasteiger partial charge on any atom is 0.305 e. The molecule has 0 radical (unpaired) electrons. The van der Waals surface area contributed by atoms with Gasteiger partial charge in [0.2, 0.25) is 0 Å². The van der Waals surface area contributed by atoms with Crippen molar-refractivity contribution in [2.24, 2.45) is 4.99 Å². The number of aliphatic imine (C=N–C) groups is 1. The van der Waals surface area contributed by atoms with E-state index in [2.05, 4.69) is 25.3 Å². The first-order valence-electron chi connectivity index (χ1n) is 7.51. The van der Waals surface area contributed by atoms with Gasteiger partial charge in [0.05, 0.1) is 24.4 Å². The molecule has 0 saturated carbocycles. The van der Waals surface area contributed by atoms with Crippen LogP contribution in [0.2, 0.25) is 0 Å². The van der Waals surface area contributed by atoms with Gasteiger partial charge in [-0.05, 0) is 26.7 Å². The van der Waals surface area contributed by atoms with Crippen LogP contribution in [0.25, 0.3) is 0 Å². The Balaban J connectivity index is 2.18. The first-order valence-corrected chi connectivity index (χ1v) is 8.32. The van der Waals surface area contributed by atoms with Gasteiger partial charge in [-0.25, -0.2) is 4.98 Å². The minimum atomic E-state index is -0.138. The number of hydrogen-bond acceptors (Lipinski definition) is 5. The lowest BCUT2D eigenvalue weighted by atomic mass is 10.2. The van der Waals surface area contributed by atoms with Crippen molar-refractivity contribution in [1.29, 1.82) is 0 Å². The van der Waals surface area contributed by atoms with Crippen LogP contribution in [0.3, 0.4) is 0 Å². The number of thiazole rings is 1. The van der Waals surface area contributed by atoms with Gasteiger partial charge in [0, 0.05) is 24.9 Å². The number of carbonyl (C=O) groups excluding carboxylic acids is 1. The van der Waals surface area contributed by atoms with Crippen LogP contribution in [0, 0.1) is 13.8 Å². The van der Waals surface area contributed by atoms with E-state index in [1.807, 2.05) is 13.8 Å². The van der Waals surface area contributed by atoms with Crippen LogP contribution >= 0.6 is 11.3 Å². The highest BCUT2D eigenvalue weighted by atomic mass is 32.1. The molecular weight excluding hydrogens is 300 g/mol. The number of nitrogens with one attached hydrogen (secondary N) is 2. The maximum atomic E-state index is 11.0. The molecule has 1 aromatic heterocycles. The standard InChI is InChI=1S/C15H26N4O2S/c1-11-13(22-12(2)19-11)10-18-15(16-3)17-9-7-5-6-8-14(20)21-4/h5-10H2,1-4H3,(H2,16,17,18). The first kappa shape index (κ1) is 18.4. The van der Waals surface area contributed by atoms with E-state index in [-0.39, 0.29) is 5.97 Å². The van der Waals surface area contributed by atoms with Crippen molar-refractivity contribution in [3.8, 4) is 0 Å². The zero-order valence-corrected chi connectivity index (χ0v) is 14.7. The summed E-state index contributed by atoms with van der Waals surface area (Å²) in [5, 5.41) is 7.65. The van der Waals surface area contributed by atoms with Gasteiger partial charge in [-0.15, -0.1) is 11.3 Å². The smallest absolute Gasteiger partial charge is 0.305 e. The minimum absolute atomic E-state index is 0.138. The summed E-state index contributed by atoms with van der Waals surface area (Å²) in [6.07, 6.45) is 3.34. The first-order chi connectivity index (χ1) is 10.6. The summed E-state index contributed by atoms with van der Waals surface area (Å²) in [6, 6.07) is 0. The summed E-state index contributed by atoms with van der Waals surface area (Å²) in [7, 11) is 3.18. The number of hydrogen-bond donors (Lipinski definition) is 2. The molecule has 0 aliphatic heterocycles. The predicted molar refractivity (Wildman–Crippen MR) is 90.3 cm³/mol. The van der Waals surface area contributed by atoms with E-state index in [1.54, 1.807) is 18.4 Å². The van der Waals surface area contributed by atoms with Gasteiger partial charge in [0.1, 0.15) is 0 Å². The third-order valence-corrected chi connectivity index (χ3v) is 4.29. The van der Waals surface area contributed by atoms with Gasteiger partial charge >= 0.3 is 5.97 Å². The van der Waals surface area contributed by atoms with Crippen molar-refractivity contribution in [1.82, 2.24) is 15.6 Å². The molecule has 0 atom stereocenters. The third-order valence-electron chi connectivity index (χ3n) is 3.22. The van der Waals surface area contributed by atoms with E-state index in [0.29, 0.717) is 6.42 Å². The molecule has 22 heavy (non-hydrogen) atoms. The van der Waals surface area contributed by atoms with E-state index in [0.717, 1.165) is 49.0 Å². The van der Waals surface area contributed by atoms with Crippen molar-refractivity contribution in [3.05, 3.63) is 15.6 Å². The molecule has 6 nitrogen and oxygen atoms in total. The van der Waals surface area contributed by atoms with E-state index < -0.39 is 0 Å². The van der Waals surface area contributed by atoms with Crippen LogP contribution in [0.4, 0.5) is 0 Å². The highest BCUT2D eigenvalue weighted by Gasteiger charge is 2.05. The van der Waals surface area contributed by atoms with Gasteiger partial charge < -0.3 is 15.4 Å². The molecule has 7 heteroatoms. The van der Waals surface area contributed by atoms with Gasteiger partial charge in [-0.2, -0.15) is 0 Å². The molecule has 0 aromatic carbocycles.